The number of carbonyl (C=O) groups excluding carboxylic acids is 1. The highest BCUT2D eigenvalue weighted by Gasteiger charge is 2.22. The summed E-state index contributed by atoms with van der Waals surface area (Å²) in [7, 11) is 0. The molecule has 1 saturated heterocycles. The van der Waals surface area contributed by atoms with Crippen LogP contribution in [-0.4, -0.2) is 33.9 Å². The fourth-order valence-corrected chi connectivity index (χ4v) is 2.58. The van der Waals surface area contributed by atoms with Gasteiger partial charge in [0.05, 0.1) is 5.69 Å². The first kappa shape index (κ1) is 11.8. The molecule has 3 N–H and O–H groups in total. The summed E-state index contributed by atoms with van der Waals surface area (Å²) in [6, 6.07) is 0.0755. The number of amides is 1. The Bertz CT molecular complexity index is 458. The lowest BCUT2D eigenvalue weighted by molar-refractivity contribution is -0.119. The number of hydrogen-bond acceptors (Lipinski definition) is 5. The van der Waals surface area contributed by atoms with Crippen molar-refractivity contribution in [1.82, 2.24) is 9.69 Å². The Morgan fingerprint density at radius 3 is 3.06 bits per heavy atom. The highest BCUT2D eigenvalue weighted by atomic mass is 32.1. The van der Waals surface area contributed by atoms with Crippen molar-refractivity contribution in [3.05, 3.63) is 11.3 Å². The van der Waals surface area contributed by atoms with Gasteiger partial charge in [0.2, 0.25) is 5.91 Å². The first-order valence-electron chi connectivity index (χ1n) is 5.30. The van der Waals surface area contributed by atoms with Gasteiger partial charge in [0, 0.05) is 19.0 Å². The number of aryl methyl sites for hydroxylation is 1. The van der Waals surface area contributed by atoms with Crippen molar-refractivity contribution in [1.29, 1.82) is 0 Å². The largest absolute Gasteiger partial charge is 0.478 e. The second-order valence-corrected chi connectivity index (χ2v) is 4.73. The zero-order chi connectivity index (χ0) is 12.4. The minimum Gasteiger partial charge on any atom is -0.478 e. The average Bonchev–Trinajstić information content (AvgIpc) is 2.82. The molecule has 1 aliphatic heterocycles. The molecule has 0 bridgehead atoms. The number of nitrogens with zero attached hydrogens (tertiary/aromatic N) is 1. The minimum atomic E-state index is -0.978. The third-order valence-corrected chi connectivity index (χ3v) is 3.57. The summed E-state index contributed by atoms with van der Waals surface area (Å²) in [6.07, 6.45) is 1.33. The molecular weight excluding hydrogens is 242 g/mol. The van der Waals surface area contributed by atoms with Crippen LogP contribution in [0.4, 0.5) is 5.00 Å². The van der Waals surface area contributed by atoms with E-state index >= 15 is 0 Å². The van der Waals surface area contributed by atoms with E-state index in [9.17, 15) is 9.59 Å². The number of aromatic carboxylic acids is 1. The molecule has 17 heavy (non-hydrogen) atoms. The van der Waals surface area contributed by atoms with Gasteiger partial charge in [-0.1, -0.05) is 0 Å². The van der Waals surface area contributed by atoms with E-state index in [1.165, 1.54) is 0 Å². The molecule has 1 amide bonds. The number of nitrogens with one attached hydrogen (secondary N) is 2. The van der Waals surface area contributed by atoms with Gasteiger partial charge in [-0.05, 0) is 24.9 Å². The van der Waals surface area contributed by atoms with Crippen molar-refractivity contribution in [3.63, 3.8) is 0 Å². The van der Waals surface area contributed by atoms with Crippen LogP contribution in [0.2, 0.25) is 0 Å². The van der Waals surface area contributed by atoms with Crippen molar-refractivity contribution < 1.29 is 14.7 Å². The van der Waals surface area contributed by atoms with E-state index in [0.29, 0.717) is 23.7 Å². The van der Waals surface area contributed by atoms with Crippen LogP contribution >= 0.6 is 11.5 Å². The molecule has 7 heteroatoms. The third kappa shape index (κ3) is 2.55. The first-order chi connectivity index (χ1) is 8.08. The fourth-order valence-electron chi connectivity index (χ4n) is 1.79. The summed E-state index contributed by atoms with van der Waals surface area (Å²) < 4.78 is 4.01. The molecular formula is C10H13N3O3S. The Balaban J connectivity index is 1.99. The molecule has 1 aromatic rings. The molecule has 1 aliphatic rings. The Kier molecular flexibility index (Phi) is 3.28. The summed E-state index contributed by atoms with van der Waals surface area (Å²) in [5, 5.41) is 15.4. The highest BCUT2D eigenvalue weighted by Crippen LogP contribution is 2.24. The number of carboxylic acid groups (broad SMARTS) is 1. The third-order valence-electron chi connectivity index (χ3n) is 2.67. The summed E-state index contributed by atoms with van der Waals surface area (Å²) in [6.45, 7) is 2.20. The Labute approximate surface area is 102 Å². The standard InChI is InChI=1S/C10H13N3O3S/c1-5-8(10(15)16)9(17-13-5)11-4-6-2-3-7(14)12-6/h6,11H,2-4H2,1H3,(H,12,14)(H,15,16). The van der Waals surface area contributed by atoms with Gasteiger partial charge in [-0.2, -0.15) is 4.37 Å². The van der Waals surface area contributed by atoms with Gasteiger partial charge in [-0.25, -0.2) is 4.79 Å². The molecule has 0 saturated carbocycles. The average molecular weight is 255 g/mol. The van der Waals surface area contributed by atoms with Crippen LogP contribution in [0, 0.1) is 6.92 Å². The van der Waals surface area contributed by atoms with E-state index in [-0.39, 0.29) is 17.5 Å². The summed E-state index contributed by atoms with van der Waals surface area (Å²) in [5.74, 6) is -0.926. The molecule has 1 atom stereocenters. The molecule has 1 aromatic heterocycles. The van der Waals surface area contributed by atoms with E-state index < -0.39 is 5.97 Å². The second-order valence-electron chi connectivity index (χ2n) is 3.96. The van der Waals surface area contributed by atoms with Gasteiger partial charge < -0.3 is 15.7 Å². The number of aromatic nitrogens is 1. The van der Waals surface area contributed by atoms with Crippen LogP contribution in [0.25, 0.3) is 0 Å². The molecule has 2 heterocycles. The quantitative estimate of drug-likeness (QED) is 0.741. The maximum atomic E-state index is 11.0. The molecule has 6 nitrogen and oxygen atoms in total. The van der Waals surface area contributed by atoms with Crippen molar-refractivity contribution in [2.45, 2.75) is 25.8 Å². The van der Waals surface area contributed by atoms with Gasteiger partial charge in [0.15, 0.2) is 0 Å². The Morgan fingerprint density at radius 2 is 2.47 bits per heavy atom. The number of carboxylic acids is 1. The lowest BCUT2D eigenvalue weighted by Crippen LogP contribution is -2.31. The summed E-state index contributed by atoms with van der Waals surface area (Å²) >= 11 is 1.13. The first-order valence-corrected chi connectivity index (χ1v) is 6.08. The molecule has 0 spiro atoms. The van der Waals surface area contributed by atoms with Crippen LogP contribution < -0.4 is 10.6 Å². The smallest absolute Gasteiger partial charge is 0.340 e. The number of anilines is 1. The van der Waals surface area contributed by atoms with E-state index in [2.05, 4.69) is 15.0 Å². The van der Waals surface area contributed by atoms with Crippen LogP contribution in [-0.2, 0) is 4.79 Å². The van der Waals surface area contributed by atoms with E-state index in [1.54, 1.807) is 6.92 Å². The van der Waals surface area contributed by atoms with Gasteiger partial charge in [-0.15, -0.1) is 0 Å². The normalized spacial score (nSPS) is 19.1. The maximum absolute atomic E-state index is 11.0. The highest BCUT2D eigenvalue weighted by molar-refractivity contribution is 7.10. The molecule has 2 rings (SSSR count). The zero-order valence-corrected chi connectivity index (χ0v) is 10.1. The predicted octanol–water partition coefficient (Wildman–Crippen LogP) is 0.840. The monoisotopic (exact) mass is 255 g/mol. The Hall–Kier alpha value is -1.63. The van der Waals surface area contributed by atoms with Crippen molar-refractivity contribution in [3.8, 4) is 0 Å². The predicted molar refractivity (Wildman–Crippen MR) is 63.5 cm³/mol. The second kappa shape index (κ2) is 4.70. The van der Waals surface area contributed by atoms with Crippen molar-refractivity contribution in [2.24, 2.45) is 0 Å². The van der Waals surface area contributed by atoms with Gasteiger partial charge in [0.1, 0.15) is 10.6 Å². The molecule has 1 unspecified atom stereocenters. The van der Waals surface area contributed by atoms with Crippen LogP contribution in [0.15, 0.2) is 0 Å². The number of hydrogen-bond donors (Lipinski definition) is 3. The lowest BCUT2D eigenvalue weighted by atomic mass is 10.2. The van der Waals surface area contributed by atoms with Gasteiger partial charge in [0.25, 0.3) is 0 Å². The molecule has 92 valence electrons. The number of carbonyl (C=O) groups is 2. The maximum Gasteiger partial charge on any atom is 0.340 e. The minimum absolute atomic E-state index is 0.0516. The molecule has 0 aliphatic carbocycles. The van der Waals surface area contributed by atoms with Crippen molar-refractivity contribution >= 4 is 28.4 Å². The number of rotatable bonds is 4. The van der Waals surface area contributed by atoms with Gasteiger partial charge >= 0.3 is 5.97 Å². The van der Waals surface area contributed by atoms with E-state index in [1.807, 2.05) is 0 Å². The van der Waals surface area contributed by atoms with Crippen LogP contribution in [0.5, 0.6) is 0 Å². The van der Waals surface area contributed by atoms with Crippen LogP contribution in [0.1, 0.15) is 28.9 Å². The Morgan fingerprint density at radius 1 is 1.71 bits per heavy atom. The summed E-state index contributed by atoms with van der Waals surface area (Å²) in [5.41, 5.74) is 0.736. The van der Waals surface area contributed by atoms with E-state index in [4.69, 9.17) is 5.11 Å². The summed E-state index contributed by atoms with van der Waals surface area (Å²) in [4.78, 5) is 22.0. The van der Waals surface area contributed by atoms with Crippen molar-refractivity contribution in [2.75, 3.05) is 11.9 Å². The zero-order valence-electron chi connectivity index (χ0n) is 9.32. The molecule has 0 radical (unpaired) electrons. The molecule has 1 fully saturated rings. The topological polar surface area (TPSA) is 91.3 Å². The van der Waals surface area contributed by atoms with Crippen LogP contribution in [0.3, 0.4) is 0 Å². The SMILES string of the molecule is Cc1nsc(NCC2CCC(=O)N2)c1C(=O)O. The molecule has 0 aromatic carbocycles. The fraction of sp³-hybridized carbons (Fsp3) is 0.500. The lowest BCUT2D eigenvalue weighted by Gasteiger charge is -2.11. The van der Waals surface area contributed by atoms with Gasteiger partial charge in [-0.3, -0.25) is 4.79 Å². The van der Waals surface area contributed by atoms with E-state index in [0.717, 1.165) is 18.0 Å².